The number of halogens is 1. The number of rotatable bonds is 3. The number of nitrogens with one attached hydrogen (secondary N) is 1. The third-order valence-corrected chi connectivity index (χ3v) is 2.94. The van der Waals surface area contributed by atoms with Crippen molar-refractivity contribution >= 4 is 40.0 Å². The highest BCUT2D eigenvalue weighted by molar-refractivity contribution is 6.39. The summed E-state index contributed by atoms with van der Waals surface area (Å²) in [7, 11) is 1.23. The molecule has 0 saturated carbocycles. The molecule has 0 bridgehead atoms. The molecule has 0 atom stereocenters. The van der Waals surface area contributed by atoms with Gasteiger partial charge in [-0.1, -0.05) is 11.6 Å². The number of nitro groups is 1. The van der Waals surface area contributed by atoms with Crippen LogP contribution in [0.2, 0.25) is 5.02 Å². The number of methoxy groups -OCH3 is 1. The highest BCUT2D eigenvalue weighted by atomic mass is 35.5. The van der Waals surface area contributed by atoms with Crippen LogP contribution in [0.15, 0.2) is 18.3 Å². The summed E-state index contributed by atoms with van der Waals surface area (Å²) in [6, 6.07) is 3.13. The first kappa shape index (κ1) is 13.8. The molecule has 0 fully saturated rings. The lowest BCUT2D eigenvalue weighted by Crippen LogP contribution is -2.11. The zero-order valence-electron chi connectivity index (χ0n) is 10.1. The van der Waals surface area contributed by atoms with Crippen molar-refractivity contribution in [1.29, 1.82) is 0 Å². The van der Waals surface area contributed by atoms with E-state index in [0.29, 0.717) is 5.39 Å². The Labute approximate surface area is 117 Å². The summed E-state index contributed by atoms with van der Waals surface area (Å²) in [5.41, 5.74) is -0.741. The van der Waals surface area contributed by atoms with Crippen molar-refractivity contribution < 1.29 is 19.6 Å². The number of ether oxygens (including phenoxy) is 1. The number of amides is 1. The number of pyridine rings is 1. The number of benzene rings is 1. The monoisotopic (exact) mass is 297 g/mol. The predicted octanol–water partition coefficient (Wildman–Crippen LogP) is 2.89. The van der Waals surface area contributed by atoms with Gasteiger partial charge in [0.1, 0.15) is 11.2 Å². The van der Waals surface area contributed by atoms with Crippen molar-refractivity contribution in [2.24, 2.45) is 0 Å². The van der Waals surface area contributed by atoms with E-state index in [2.05, 4.69) is 4.98 Å². The lowest BCUT2D eigenvalue weighted by molar-refractivity contribution is -0.384. The summed E-state index contributed by atoms with van der Waals surface area (Å²) in [6.45, 7) is 0. The van der Waals surface area contributed by atoms with Crippen LogP contribution in [0.3, 0.4) is 0 Å². The maximum Gasteiger partial charge on any atom is 0.409 e. The molecule has 1 heterocycles. The Morgan fingerprint density at radius 2 is 2.30 bits per heavy atom. The Morgan fingerprint density at radius 3 is 2.85 bits per heavy atom. The second kappa shape index (κ2) is 5.17. The summed E-state index contributed by atoms with van der Waals surface area (Å²) in [5, 5.41) is 22.1. The van der Waals surface area contributed by atoms with E-state index in [9.17, 15) is 14.9 Å². The average Bonchev–Trinajstić information content (AvgIpc) is 2.40. The van der Waals surface area contributed by atoms with E-state index in [1.165, 1.54) is 13.3 Å². The third-order valence-electron chi connectivity index (χ3n) is 2.55. The zero-order chi connectivity index (χ0) is 14.9. The minimum absolute atomic E-state index is 0.108. The molecule has 1 aromatic carbocycles. The highest BCUT2D eigenvalue weighted by Gasteiger charge is 2.29. The lowest BCUT2D eigenvalue weighted by Gasteiger charge is -2.12. The summed E-state index contributed by atoms with van der Waals surface area (Å²) in [5.74, 6) is -0.154. The summed E-state index contributed by atoms with van der Waals surface area (Å²) in [6.07, 6.45) is -0.0462. The molecule has 9 heteroatoms. The number of aromatic nitrogens is 1. The molecule has 0 aliphatic heterocycles. The van der Waals surface area contributed by atoms with Gasteiger partial charge < -0.3 is 9.84 Å². The number of carboxylic acid groups (broad SMARTS) is 1. The van der Waals surface area contributed by atoms with Crippen molar-refractivity contribution in [3.63, 3.8) is 0 Å². The molecular formula is C11H8ClN3O5. The van der Waals surface area contributed by atoms with Crippen LogP contribution in [-0.4, -0.2) is 28.2 Å². The van der Waals surface area contributed by atoms with Gasteiger partial charge in [-0.05, 0) is 12.1 Å². The van der Waals surface area contributed by atoms with Crippen LogP contribution in [0, 0.1) is 10.1 Å². The fourth-order valence-corrected chi connectivity index (χ4v) is 2.11. The first-order chi connectivity index (χ1) is 9.47. The van der Waals surface area contributed by atoms with Gasteiger partial charge in [0.05, 0.1) is 17.1 Å². The molecule has 2 aromatic rings. The van der Waals surface area contributed by atoms with Crippen molar-refractivity contribution in [2.75, 3.05) is 12.4 Å². The van der Waals surface area contributed by atoms with Gasteiger partial charge in [-0.15, -0.1) is 0 Å². The van der Waals surface area contributed by atoms with E-state index in [0.717, 1.165) is 0 Å². The fourth-order valence-electron chi connectivity index (χ4n) is 1.82. The van der Waals surface area contributed by atoms with Gasteiger partial charge in [-0.3, -0.25) is 20.4 Å². The van der Waals surface area contributed by atoms with E-state index in [-0.39, 0.29) is 22.0 Å². The van der Waals surface area contributed by atoms with Crippen LogP contribution in [0.25, 0.3) is 10.9 Å². The first-order valence-electron chi connectivity index (χ1n) is 5.25. The molecule has 0 unspecified atom stereocenters. The Morgan fingerprint density at radius 1 is 1.60 bits per heavy atom. The molecule has 8 nitrogen and oxygen atoms in total. The van der Waals surface area contributed by atoms with E-state index >= 15 is 0 Å². The number of hydrogen-bond donors (Lipinski definition) is 2. The van der Waals surface area contributed by atoms with Crippen molar-refractivity contribution in [2.45, 2.75) is 0 Å². The number of fused-ring (bicyclic) bond motifs is 1. The van der Waals surface area contributed by atoms with Gasteiger partial charge >= 0.3 is 11.8 Å². The summed E-state index contributed by atoms with van der Waals surface area (Å²) < 4.78 is 5.00. The molecule has 0 radical (unpaired) electrons. The van der Waals surface area contributed by atoms with Gasteiger partial charge in [0.2, 0.25) is 5.75 Å². The Bertz CT molecular complexity index is 719. The Kier molecular flexibility index (Phi) is 3.57. The SMILES string of the molecule is COc1c([N+](=O)[O-])c(NC(=O)O)c(Cl)c2cccnc12. The molecule has 0 aliphatic rings. The number of nitro benzene ring substituents is 1. The van der Waals surface area contributed by atoms with E-state index in [4.69, 9.17) is 21.4 Å². The van der Waals surface area contributed by atoms with Gasteiger partial charge in [0, 0.05) is 11.6 Å². The maximum absolute atomic E-state index is 11.2. The fraction of sp³-hybridized carbons (Fsp3) is 0.0909. The second-order valence-electron chi connectivity index (χ2n) is 3.66. The van der Waals surface area contributed by atoms with Gasteiger partial charge in [0.25, 0.3) is 0 Å². The van der Waals surface area contributed by atoms with Crippen LogP contribution in [0.5, 0.6) is 5.75 Å². The van der Waals surface area contributed by atoms with Gasteiger partial charge in [-0.25, -0.2) is 4.79 Å². The van der Waals surface area contributed by atoms with Crippen LogP contribution in [-0.2, 0) is 0 Å². The first-order valence-corrected chi connectivity index (χ1v) is 5.63. The van der Waals surface area contributed by atoms with Crippen molar-refractivity contribution in [1.82, 2.24) is 4.98 Å². The minimum Gasteiger partial charge on any atom is -0.489 e. The number of hydrogen-bond acceptors (Lipinski definition) is 5. The normalized spacial score (nSPS) is 10.3. The van der Waals surface area contributed by atoms with Crippen LogP contribution in [0.4, 0.5) is 16.2 Å². The molecule has 1 amide bonds. The molecule has 1 aromatic heterocycles. The molecule has 2 N–H and O–H groups in total. The molecule has 0 aliphatic carbocycles. The smallest absolute Gasteiger partial charge is 0.409 e. The summed E-state index contributed by atoms with van der Waals surface area (Å²) in [4.78, 5) is 25.2. The molecule has 20 heavy (non-hydrogen) atoms. The number of carbonyl (C=O) groups is 1. The van der Waals surface area contributed by atoms with Crippen molar-refractivity contribution in [3.05, 3.63) is 33.5 Å². The Balaban J connectivity index is 2.94. The van der Waals surface area contributed by atoms with Crippen molar-refractivity contribution in [3.8, 4) is 5.75 Å². The molecule has 2 rings (SSSR count). The largest absolute Gasteiger partial charge is 0.489 e. The summed E-state index contributed by atoms with van der Waals surface area (Å²) >= 11 is 6.04. The molecule has 0 spiro atoms. The molecule has 0 saturated heterocycles. The predicted molar refractivity (Wildman–Crippen MR) is 71.6 cm³/mol. The quantitative estimate of drug-likeness (QED) is 0.665. The van der Waals surface area contributed by atoms with Crippen LogP contribution in [0.1, 0.15) is 0 Å². The van der Waals surface area contributed by atoms with Gasteiger partial charge in [0.15, 0.2) is 0 Å². The number of nitrogens with zero attached hydrogens (tertiary/aromatic N) is 2. The average molecular weight is 298 g/mol. The minimum atomic E-state index is -1.47. The van der Waals surface area contributed by atoms with E-state index < -0.39 is 16.7 Å². The highest BCUT2D eigenvalue weighted by Crippen LogP contribution is 2.46. The maximum atomic E-state index is 11.2. The second-order valence-corrected chi connectivity index (χ2v) is 4.04. The van der Waals surface area contributed by atoms with Gasteiger partial charge in [-0.2, -0.15) is 0 Å². The van der Waals surface area contributed by atoms with Crippen LogP contribution >= 0.6 is 11.6 Å². The third kappa shape index (κ3) is 2.16. The Hall–Kier alpha value is -2.61. The zero-order valence-corrected chi connectivity index (χ0v) is 10.8. The number of anilines is 1. The lowest BCUT2D eigenvalue weighted by atomic mass is 10.1. The standard InChI is InChI=1S/C11H8ClN3O5/c1-20-10-7-5(3-2-4-13-7)6(12)8(14-11(16)17)9(10)15(18)19/h2-4,14H,1H3,(H,16,17). The van der Waals surface area contributed by atoms with Crippen LogP contribution < -0.4 is 10.1 Å². The molecular weight excluding hydrogens is 290 g/mol. The topological polar surface area (TPSA) is 115 Å². The van der Waals surface area contributed by atoms with E-state index in [1.54, 1.807) is 12.1 Å². The molecule has 104 valence electrons. The van der Waals surface area contributed by atoms with E-state index in [1.807, 2.05) is 5.32 Å².